The first-order valence-electron chi connectivity index (χ1n) is 7.20. The Balaban J connectivity index is 1.76. The number of H-pyrrole nitrogens is 1. The van der Waals surface area contributed by atoms with E-state index in [-0.39, 0.29) is 17.0 Å². The molecular formula is C15H15N4O3S+. The minimum Gasteiger partial charge on any atom is -0.477 e. The zero-order valence-electron chi connectivity index (χ0n) is 12.1. The summed E-state index contributed by atoms with van der Waals surface area (Å²) >= 11 is 1.52. The van der Waals surface area contributed by atoms with E-state index in [9.17, 15) is 14.7 Å². The van der Waals surface area contributed by atoms with Crippen LogP contribution in [0.15, 0.2) is 42.0 Å². The van der Waals surface area contributed by atoms with E-state index >= 15 is 0 Å². The zero-order valence-corrected chi connectivity index (χ0v) is 12.9. The lowest BCUT2D eigenvalue weighted by Crippen LogP contribution is -2.68. The Hall–Kier alpha value is -2.32. The molecular weight excluding hydrogens is 316 g/mol. The van der Waals surface area contributed by atoms with Gasteiger partial charge in [0.15, 0.2) is 6.20 Å². The van der Waals surface area contributed by atoms with Gasteiger partial charge in [-0.25, -0.2) is 9.78 Å². The topological polar surface area (TPSA) is 102 Å². The Bertz CT molecular complexity index is 859. The van der Waals surface area contributed by atoms with Gasteiger partial charge in [-0.2, -0.15) is 0 Å². The number of β-lactam (4-membered cyclic amide) rings is 1. The number of rotatable bonds is 3. The molecule has 4 N–H and O–H groups in total. The second-order valence-corrected chi connectivity index (χ2v) is 6.71. The van der Waals surface area contributed by atoms with Crippen LogP contribution >= 0.6 is 11.8 Å². The zero-order chi connectivity index (χ0) is 16.1. The molecule has 8 heteroatoms. The summed E-state index contributed by atoms with van der Waals surface area (Å²) in [5.41, 5.74) is 8.48. The normalized spacial score (nSPS) is 23.9. The number of hydrogen-bond donors (Lipinski definition) is 2. The van der Waals surface area contributed by atoms with E-state index in [2.05, 4.69) is 4.98 Å². The summed E-state index contributed by atoms with van der Waals surface area (Å²) in [6.45, 7) is 0. The average Bonchev–Trinajstić information content (AvgIpc) is 3.03. The van der Waals surface area contributed by atoms with Crippen LogP contribution in [0, 0.1) is 0 Å². The molecule has 1 amide bonds. The van der Waals surface area contributed by atoms with Gasteiger partial charge in [0.2, 0.25) is 11.6 Å². The quantitative estimate of drug-likeness (QED) is 0.763. The van der Waals surface area contributed by atoms with Crippen molar-refractivity contribution in [3.8, 4) is 0 Å². The Labute approximate surface area is 135 Å². The lowest BCUT2D eigenvalue weighted by molar-refractivity contribution is -0.388. The third kappa shape index (κ3) is 2.06. The highest BCUT2D eigenvalue weighted by atomic mass is 32.2. The van der Waals surface area contributed by atoms with E-state index in [0.29, 0.717) is 12.2 Å². The molecule has 1 fully saturated rings. The van der Waals surface area contributed by atoms with Crippen LogP contribution in [0.2, 0.25) is 0 Å². The van der Waals surface area contributed by atoms with Crippen molar-refractivity contribution in [2.45, 2.75) is 17.8 Å². The van der Waals surface area contributed by atoms with Crippen LogP contribution in [0.3, 0.4) is 0 Å². The number of nitrogens with zero attached hydrogens (tertiary/aromatic N) is 2. The molecule has 4 heterocycles. The number of carbonyl (C=O) groups is 2. The predicted octanol–water partition coefficient (Wildman–Crippen LogP) is -0.123. The van der Waals surface area contributed by atoms with Crippen LogP contribution in [-0.4, -0.2) is 43.5 Å². The van der Waals surface area contributed by atoms with E-state index in [1.54, 1.807) is 0 Å². The van der Waals surface area contributed by atoms with Crippen molar-refractivity contribution < 1.29 is 19.7 Å². The number of thioether (sulfide) groups is 1. The first-order chi connectivity index (χ1) is 11.1. The SMILES string of the molecule is NC1C(=O)N2C(C(=O)O)=C(Cc3[nH+]ccn4cccc34)CS[C@@H]12. The minimum atomic E-state index is -1.08. The summed E-state index contributed by atoms with van der Waals surface area (Å²) in [5, 5.41) is 9.31. The van der Waals surface area contributed by atoms with Crippen LogP contribution in [0.4, 0.5) is 0 Å². The molecule has 2 aromatic heterocycles. The summed E-state index contributed by atoms with van der Waals surface area (Å²) in [7, 11) is 0. The fourth-order valence-corrected chi connectivity index (χ4v) is 4.44. The summed E-state index contributed by atoms with van der Waals surface area (Å²) in [6, 6.07) is 3.30. The molecule has 0 aromatic carbocycles. The first kappa shape index (κ1) is 14.3. The van der Waals surface area contributed by atoms with Gasteiger partial charge in [0.25, 0.3) is 0 Å². The fraction of sp³-hybridized carbons (Fsp3) is 0.267. The van der Waals surface area contributed by atoms with Gasteiger partial charge in [0.1, 0.15) is 22.6 Å². The first-order valence-corrected chi connectivity index (χ1v) is 8.24. The number of hydrogen-bond acceptors (Lipinski definition) is 4. The van der Waals surface area contributed by atoms with Crippen molar-refractivity contribution in [2.24, 2.45) is 5.73 Å². The van der Waals surface area contributed by atoms with E-state index in [4.69, 9.17) is 5.73 Å². The number of carboxylic acid groups (broad SMARTS) is 1. The van der Waals surface area contributed by atoms with Crippen molar-refractivity contribution in [2.75, 3.05) is 5.75 Å². The number of carboxylic acids is 1. The highest BCUT2D eigenvalue weighted by Gasteiger charge is 2.51. The molecule has 2 atom stereocenters. The third-order valence-corrected chi connectivity index (χ3v) is 5.62. The summed E-state index contributed by atoms with van der Waals surface area (Å²) in [4.78, 5) is 28.2. The van der Waals surface area contributed by atoms with Gasteiger partial charge in [-0.1, -0.05) is 0 Å². The number of aromatic amines is 1. The Kier molecular flexibility index (Phi) is 3.17. The largest absolute Gasteiger partial charge is 0.477 e. The van der Waals surface area contributed by atoms with E-state index in [1.165, 1.54) is 16.7 Å². The minimum absolute atomic E-state index is 0.0856. The molecule has 23 heavy (non-hydrogen) atoms. The maximum atomic E-state index is 12.0. The Morgan fingerprint density at radius 3 is 3.09 bits per heavy atom. The predicted molar refractivity (Wildman–Crippen MR) is 83.4 cm³/mol. The standard InChI is InChI=1S/C15H14N4O3S/c16-11-13(20)19-12(15(21)22)8(7-23-14(11)19)6-9-10-2-1-4-18(10)5-3-17-9/h1-5,11,14H,6-7,16H2,(H,21,22)/p+1/t11?,14-/m0/s1. The van der Waals surface area contributed by atoms with Crippen LogP contribution in [0.1, 0.15) is 5.69 Å². The van der Waals surface area contributed by atoms with Crippen LogP contribution in [0.5, 0.6) is 0 Å². The average molecular weight is 331 g/mol. The number of carbonyl (C=O) groups excluding carboxylic acids is 1. The number of aliphatic carboxylic acids is 1. The Morgan fingerprint density at radius 2 is 2.30 bits per heavy atom. The highest BCUT2D eigenvalue weighted by molar-refractivity contribution is 8.00. The van der Waals surface area contributed by atoms with Crippen molar-refractivity contribution >= 4 is 29.2 Å². The Morgan fingerprint density at radius 1 is 1.48 bits per heavy atom. The van der Waals surface area contributed by atoms with Gasteiger partial charge in [-0.3, -0.25) is 9.69 Å². The van der Waals surface area contributed by atoms with Gasteiger partial charge < -0.3 is 15.2 Å². The number of fused-ring (bicyclic) bond motifs is 2. The maximum absolute atomic E-state index is 12.0. The second kappa shape index (κ2) is 5.10. The highest BCUT2D eigenvalue weighted by Crippen LogP contribution is 2.40. The molecule has 4 rings (SSSR count). The molecule has 0 bridgehead atoms. The molecule has 0 radical (unpaired) electrons. The summed E-state index contributed by atoms with van der Waals surface area (Å²) < 4.78 is 1.97. The van der Waals surface area contributed by atoms with Crippen molar-refractivity contribution in [1.29, 1.82) is 0 Å². The van der Waals surface area contributed by atoms with Gasteiger partial charge in [-0.15, -0.1) is 11.8 Å². The molecule has 118 valence electrons. The molecule has 0 spiro atoms. The number of amides is 1. The van der Waals surface area contributed by atoms with Crippen molar-refractivity contribution in [3.63, 3.8) is 0 Å². The van der Waals surface area contributed by atoms with Gasteiger partial charge in [-0.05, 0) is 17.7 Å². The lowest BCUT2D eigenvalue weighted by Gasteiger charge is -2.47. The van der Waals surface area contributed by atoms with Crippen molar-refractivity contribution in [1.82, 2.24) is 9.30 Å². The van der Waals surface area contributed by atoms with E-state index in [1.807, 2.05) is 35.1 Å². The lowest BCUT2D eigenvalue weighted by atomic mass is 10.0. The molecule has 0 aliphatic carbocycles. The molecule has 2 aliphatic heterocycles. The smallest absolute Gasteiger partial charge is 0.352 e. The van der Waals surface area contributed by atoms with E-state index < -0.39 is 12.0 Å². The van der Waals surface area contributed by atoms with Crippen LogP contribution in [0.25, 0.3) is 5.52 Å². The molecule has 1 unspecified atom stereocenters. The number of aromatic nitrogens is 2. The van der Waals surface area contributed by atoms with Gasteiger partial charge in [0.05, 0.1) is 12.6 Å². The fourth-order valence-electron chi connectivity index (χ4n) is 3.14. The monoisotopic (exact) mass is 331 g/mol. The second-order valence-electron chi connectivity index (χ2n) is 5.61. The molecule has 7 nitrogen and oxygen atoms in total. The van der Waals surface area contributed by atoms with Crippen molar-refractivity contribution in [3.05, 3.63) is 47.7 Å². The number of nitrogens with one attached hydrogen (secondary N) is 1. The van der Waals surface area contributed by atoms with Crippen LogP contribution in [-0.2, 0) is 16.0 Å². The molecule has 1 saturated heterocycles. The number of nitrogens with two attached hydrogens (primary N) is 1. The molecule has 2 aromatic rings. The van der Waals surface area contributed by atoms with Gasteiger partial charge >= 0.3 is 5.97 Å². The van der Waals surface area contributed by atoms with E-state index in [0.717, 1.165) is 16.8 Å². The summed E-state index contributed by atoms with van der Waals surface area (Å²) in [5.74, 6) is -0.839. The maximum Gasteiger partial charge on any atom is 0.352 e. The van der Waals surface area contributed by atoms with Gasteiger partial charge in [0, 0.05) is 11.9 Å². The van der Waals surface area contributed by atoms with Crippen LogP contribution < -0.4 is 10.7 Å². The molecule has 2 aliphatic rings. The third-order valence-electron chi connectivity index (χ3n) is 4.26. The summed E-state index contributed by atoms with van der Waals surface area (Å²) in [6.07, 6.45) is 6.10. The molecule has 0 saturated carbocycles.